The van der Waals surface area contributed by atoms with Crippen LogP contribution in [0, 0.1) is 0 Å². The van der Waals surface area contributed by atoms with Crippen LogP contribution < -0.4 is 10.1 Å². The molecule has 1 atom stereocenters. The number of nitrogens with zero attached hydrogens (tertiary/aromatic N) is 1. The maximum absolute atomic E-state index is 12.4. The summed E-state index contributed by atoms with van der Waals surface area (Å²) < 4.78 is 41.2. The van der Waals surface area contributed by atoms with Gasteiger partial charge in [-0.25, -0.2) is 0 Å². The van der Waals surface area contributed by atoms with E-state index >= 15 is 0 Å². The Morgan fingerprint density at radius 2 is 1.92 bits per heavy atom. The lowest BCUT2D eigenvalue weighted by Crippen LogP contribution is -2.45. The normalized spacial score (nSPS) is 17.0. The first-order chi connectivity index (χ1) is 11.4. The molecule has 0 unspecified atom stereocenters. The van der Waals surface area contributed by atoms with Crippen LogP contribution in [0.2, 0.25) is 5.02 Å². The van der Waals surface area contributed by atoms with Crippen molar-refractivity contribution in [1.29, 1.82) is 0 Å². The molecule has 1 fully saturated rings. The Labute approximate surface area is 159 Å². The SMILES string of the molecule is Cl.FC(F)(F)Oc1ccc([C@@H](c2cccs2)N2CCNCC2)cc1Cl. The van der Waals surface area contributed by atoms with Gasteiger partial charge in [-0.3, -0.25) is 4.90 Å². The molecule has 138 valence electrons. The summed E-state index contributed by atoms with van der Waals surface area (Å²) in [6, 6.07) is 8.48. The first-order valence-corrected chi connectivity index (χ1v) is 8.73. The molecule has 0 bridgehead atoms. The van der Waals surface area contributed by atoms with Crippen LogP contribution in [-0.2, 0) is 0 Å². The minimum atomic E-state index is -4.75. The quantitative estimate of drug-likeness (QED) is 0.786. The molecule has 1 aromatic heterocycles. The molecule has 0 saturated carbocycles. The Bertz CT molecular complexity index is 677. The molecule has 1 N–H and O–H groups in total. The zero-order valence-electron chi connectivity index (χ0n) is 13.1. The molecule has 1 aliphatic rings. The van der Waals surface area contributed by atoms with Crippen molar-refractivity contribution < 1.29 is 17.9 Å². The third-order valence-corrected chi connectivity index (χ3v) is 5.05. The lowest BCUT2D eigenvalue weighted by Gasteiger charge is -2.35. The average Bonchev–Trinajstić information content (AvgIpc) is 3.04. The highest BCUT2D eigenvalue weighted by Gasteiger charge is 2.32. The van der Waals surface area contributed by atoms with Gasteiger partial charge in [0, 0.05) is 31.1 Å². The van der Waals surface area contributed by atoms with Crippen molar-refractivity contribution in [2.24, 2.45) is 0 Å². The number of halogens is 5. The summed E-state index contributed by atoms with van der Waals surface area (Å²) in [5, 5.41) is 5.26. The van der Waals surface area contributed by atoms with Crippen LogP contribution in [0.15, 0.2) is 35.7 Å². The smallest absolute Gasteiger partial charge is 0.404 e. The molecule has 1 saturated heterocycles. The predicted molar refractivity (Wildman–Crippen MR) is 96.0 cm³/mol. The molecule has 0 radical (unpaired) electrons. The molecule has 0 amide bonds. The van der Waals surface area contributed by atoms with Crippen LogP contribution in [0.4, 0.5) is 13.2 Å². The Morgan fingerprint density at radius 1 is 1.20 bits per heavy atom. The second kappa shape index (κ2) is 8.60. The molecular formula is C16H17Cl2F3N2OS. The number of piperazine rings is 1. The Balaban J connectivity index is 0.00000225. The van der Waals surface area contributed by atoms with Gasteiger partial charge in [-0.05, 0) is 29.1 Å². The summed E-state index contributed by atoms with van der Waals surface area (Å²) in [5.41, 5.74) is 0.860. The van der Waals surface area contributed by atoms with Crippen LogP contribution in [0.25, 0.3) is 0 Å². The van der Waals surface area contributed by atoms with Gasteiger partial charge in [-0.15, -0.1) is 36.9 Å². The number of nitrogens with one attached hydrogen (secondary N) is 1. The third kappa shape index (κ3) is 5.24. The molecule has 1 aliphatic heterocycles. The van der Waals surface area contributed by atoms with Gasteiger partial charge in [0.2, 0.25) is 0 Å². The van der Waals surface area contributed by atoms with Crippen molar-refractivity contribution in [3.8, 4) is 5.75 Å². The molecule has 2 aromatic rings. The number of benzene rings is 1. The van der Waals surface area contributed by atoms with Crippen LogP contribution in [0.5, 0.6) is 5.75 Å². The van der Waals surface area contributed by atoms with E-state index in [4.69, 9.17) is 11.6 Å². The number of thiophene rings is 1. The van der Waals surface area contributed by atoms with E-state index in [9.17, 15) is 13.2 Å². The molecule has 0 spiro atoms. The largest absolute Gasteiger partial charge is 0.573 e. The van der Waals surface area contributed by atoms with E-state index in [1.54, 1.807) is 23.5 Å². The van der Waals surface area contributed by atoms with Gasteiger partial charge in [0.05, 0.1) is 11.1 Å². The van der Waals surface area contributed by atoms with Gasteiger partial charge in [-0.2, -0.15) is 0 Å². The number of rotatable bonds is 4. The maximum atomic E-state index is 12.4. The summed E-state index contributed by atoms with van der Waals surface area (Å²) in [5.74, 6) is -0.377. The van der Waals surface area contributed by atoms with E-state index in [0.717, 1.165) is 36.6 Å². The molecule has 9 heteroatoms. The fourth-order valence-corrected chi connectivity index (χ4v) is 3.95. The van der Waals surface area contributed by atoms with Crippen molar-refractivity contribution in [3.05, 3.63) is 51.2 Å². The topological polar surface area (TPSA) is 24.5 Å². The summed E-state index contributed by atoms with van der Waals surface area (Å²) in [6.45, 7) is 3.48. The second-order valence-corrected chi connectivity index (χ2v) is 6.83. The molecule has 3 rings (SSSR count). The number of hydrogen-bond acceptors (Lipinski definition) is 4. The van der Waals surface area contributed by atoms with Crippen molar-refractivity contribution in [1.82, 2.24) is 10.2 Å². The minimum absolute atomic E-state index is 0. The number of ether oxygens (including phenoxy) is 1. The highest BCUT2D eigenvalue weighted by Crippen LogP contribution is 2.37. The highest BCUT2D eigenvalue weighted by molar-refractivity contribution is 7.10. The lowest BCUT2D eigenvalue weighted by molar-refractivity contribution is -0.274. The first-order valence-electron chi connectivity index (χ1n) is 7.47. The summed E-state index contributed by atoms with van der Waals surface area (Å²) in [6.07, 6.45) is -4.75. The van der Waals surface area contributed by atoms with Crippen LogP contribution >= 0.6 is 35.3 Å². The Kier molecular flexibility index (Phi) is 6.99. The van der Waals surface area contributed by atoms with Gasteiger partial charge < -0.3 is 10.1 Å². The van der Waals surface area contributed by atoms with Crippen LogP contribution in [0.3, 0.4) is 0 Å². The van der Waals surface area contributed by atoms with Gasteiger partial charge in [0.1, 0.15) is 5.75 Å². The Morgan fingerprint density at radius 3 is 2.48 bits per heavy atom. The molecule has 0 aliphatic carbocycles. The summed E-state index contributed by atoms with van der Waals surface area (Å²) in [4.78, 5) is 3.44. The summed E-state index contributed by atoms with van der Waals surface area (Å²) >= 11 is 7.65. The van der Waals surface area contributed by atoms with Gasteiger partial charge in [0.25, 0.3) is 0 Å². The standard InChI is InChI=1S/C16H16ClF3N2OS.ClH/c17-12-10-11(3-4-13(12)23-16(18,19)20)15(14-2-1-9-24-14)22-7-5-21-6-8-22;/h1-4,9-10,15,21H,5-8H2;1H/t15-;/m0./s1. The van der Waals surface area contributed by atoms with E-state index in [2.05, 4.69) is 15.0 Å². The predicted octanol–water partition coefficient (Wildman–Crippen LogP) is 4.72. The second-order valence-electron chi connectivity index (χ2n) is 5.44. The molecule has 2 heterocycles. The van der Waals surface area contributed by atoms with E-state index in [0.29, 0.717) is 0 Å². The average molecular weight is 413 g/mol. The van der Waals surface area contributed by atoms with Gasteiger partial charge in [0.15, 0.2) is 0 Å². The van der Waals surface area contributed by atoms with Gasteiger partial charge >= 0.3 is 6.36 Å². The van der Waals surface area contributed by atoms with E-state index < -0.39 is 6.36 Å². The zero-order chi connectivity index (χ0) is 17.2. The number of hydrogen-bond donors (Lipinski definition) is 1. The van der Waals surface area contributed by atoms with Crippen LogP contribution in [-0.4, -0.2) is 37.4 Å². The van der Waals surface area contributed by atoms with E-state index in [1.165, 1.54) is 6.07 Å². The zero-order valence-corrected chi connectivity index (χ0v) is 15.4. The lowest BCUT2D eigenvalue weighted by atomic mass is 10.0. The van der Waals surface area contributed by atoms with Crippen molar-refractivity contribution in [3.63, 3.8) is 0 Å². The molecule has 25 heavy (non-hydrogen) atoms. The van der Waals surface area contributed by atoms with Crippen molar-refractivity contribution >= 4 is 35.3 Å². The first kappa shape index (κ1) is 20.3. The summed E-state index contributed by atoms with van der Waals surface area (Å²) in [7, 11) is 0. The monoisotopic (exact) mass is 412 g/mol. The fourth-order valence-electron chi connectivity index (χ4n) is 2.84. The third-order valence-electron chi connectivity index (χ3n) is 3.83. The van der Waals surface area contributed by atoms with E-state index in [1.807, 2.05) is 17.5 Å². The minimum Gasteiger partial charge on any atom is -0.404 e. The Hall–Kier alpha value is -0.990. The molecule has 3 nitrogen and oxygen atoms in total. The molecular weight excluding hydrogens is 396 g/mol. The highest BCUT2D eigenvalue weighted by atomic mass is 35.5. The molecule has 1 aromatic carbocycles. The van der Waals surface area contributed by atoms with E-state index in [-0.39, 0.29) is 29.2 Å². The number of alkyl halides is 3. The van der Waals surface area contributed by atoms with Crippen LogP contribution in [0.1, 0.15) is 16.5 Å². The maximum Gasteiger partial charge on any atom is 0.573 e. The van der Waals surface area contributed by atoms with Gasteiger partial charge in [-0.1, -0.05) is 23.7 Å². The fraction of sp³-hybridized carbons (Fsp3) is 0.375. The van der Waals surface area contributed by atoms with Crippen molar-refractivity contribution in [2.75, 3.05) is 26.2 Å². The van der Waals surface area contributed by atoms with Crippen molar-refractivity contribution in [2.45, 2.75) is 12.4 Å².